The third kappa shape index (κ3) is 3.79. The molecule has 2 aromatic carbocycles. The summed E-state index contributed by atoms with van der Waals surface area (Å²) in [6.07, 6.45) is 0.174. The molecule has 0 fully saturated rings. The Morgan fingerprint density at radius 3 is 2.57 bits per heavy atom. The van der Waals surface area contributed by atoms with Crippen LogP contribution in [-0.2, 0) is 12.8 Å². The van der Waals surface area contributed by atoms with Crippen LogP contribution >= 0.6 is 0 Å². The number of hydrogen-bond donors (Lipinski definition) is 4. The first-order valence-corrected chi connectivity index (χ1v) is 8.12. The van der Waals surface area contributed by atoms with Gasteiger partial charge in [-0.25, -0.2) is 0 Å². The highest BCUT2D eigenvalue weighted by atomic mass is 16.3. The van der Waals surface area contributed by atoms with Crippen LogP contribution in [-0.4, -0.2) is 35.0 Å². The zero-order valence-corrected chi connectivity index (χ0v) is 13.1. The molecule has 0 spiro atoms. The lowest BCUT2D eigenvalue weighted by molar-refractivity contribution is 0.108. The molecule has 0 radical (unpaired) electrons. The minimum absolute atomic E-state index is 0.134. The van der Waals surface area contributed by atoms with Crippen molar-refractivity contribution in [3.63, 3.8) is 0 Å². The van der Waals surface area contributed by atoms with Gasteiger partial charge in [-0.1, -0.05) is 54.6 Å². The highest BCUT2D eigenvalue weighted by Gasteiger charge is 2.31. The van der Waals surface area contributed by atoms with Crippen molar-refractivity contribution in [1.29, 1.82) is 0 Å². The third-order valence-corrected chi connectivity index (χ3v) is 4.56. The smallest absolute Gasteiger partial charge is 0.0818 e. The highest BCUT2D eigenvalue weighted by Crippen LogP contribution is 2.31. The Bertz CT molecular complexity index is 632. The molecule has 0 saturated carbocycles. The lowest BCUT2D eigenvalue weighted by Gasteiger charge is -2.23. The van der Waals surface area contributed by atoms with E-state index in [2.05, 4.69) is 5.32 Å². The second-order valence-corrected chi connectivity index (χ2v) is 6.28. The van der Waals surface area contributed by atoms with Gasteiger partial charge in [0.2, 0.25) is 0 Å². The molecule has 23 heavy (non-hydrogen) atoms. The molecule has 5 N–H and O–H groups in total. The van der Waals surface area contributed by atoms with E-state index in [4.69, 9.17) is 5.73 Å². The average molecular weight is 312 g/mol. The number of nitrogens with one attached hydrogen (secondary N) is 1. The minimum Gasteiger partial charge on any atom is -0.391 e. The molecule has 4 nitrogen and oxygen atoms in total. The summed E-state index contributed by atoms with van der Waals surface area (Å²) in [5.41, 5.74) is 9.51. The van der Waals surface area contributed by atoms with Gasteiger partial charge >= 0.3 is 0 Å². The maximum Gasteiger partial charge on any atom is 0.0818 e. The second kappa shape index (κ2) is 7.23. The van der Waals surface area contributed by atoms with Crippen LogP contribution in [0, 0.1) is 0 Å². The molecule has 3 rings (SSSR count). The summed E-state index contributed by atoms with van der Waals surface area (Å²) in [7, 11) is 0. The topological polar surface area (TPSA) is 78.5 Å². The summed E-state index contributed by atoms with van der Waals surface area (Å²) in [4.78, 5) is 0. The molecule has 0 unspecified atom stereocenters. The third-order valence-electron chi connectivity index (χ3n) is 4.56. The summed E-state index contributed by atoms with van der Waals surface area (Å²) in [6.45, 7) is 0.365. The van der Waals surface area contributed by atoms with Gasteiger partial charge in [0.25, 0.3) is 0 Å². The van der Waals surface area contributed by atoms with Gasteiger partial charge < -0.3 is 21.3 Å². The number of nitrogens with two attached hydrogens (primary N) is 1. The molecule has 0 amide bonds. The van der Waals surface area contributed by atoms with Crippen LogP contribution < -0.4 is 11.1 Å². The Kier molecular flexibility index (Phi) is 5.08. The molecule has 122 valence electrons. The summed E-state index contributed by atoms with van der Waals surface area (Å²) < 4.78 is 0. The van der Waals surface area contributed by atoms with Crippen molar-refractivity contribution in [3.8, 4) is 0 Å². The lowest BCUT2D eigenvalue weighted by Crippen LogP contribution is -2.45. The van der Waals surface area contributed by atoms with Crippen molar-refractivity contribution in [2.24, 2.45) is 5.73 Å². The van der Waals surface area contributed by atoms with Gasteiger partial charge in [0, 0.05) is 19.0 Å². The van der Waals surface area contributed by atoms with E-state index in [0.29, 0.717) is 19.4 Å². The molecule has 1 aliphatic rings. The summed E-state index contributed by atoms with van der Waals surface area (Å²) in [5, 5.41) is 23.8. The average Bonchev–Trinajstić information content (AvgIpc) is 2.88. The molecule has 0 bridgehead atoms. The van der Waals surface area contributed by atoms with E-state index in [-0.39, 0.29) is 12.1 Å². The SMILES string of the molecule is N[C@@H](Cc1ccccc1)[C@H](O)CN[C@H]1c2ccccc2C[C@H]1O. The van der Waals surface area contributed by atoms with Crippen LogP contribution in [0.5, 0.6) is 0 Å². The number of aliphatic hydroxyl groups excluding tert-OH is 2. The number of benzene rings is 2. The van der Waals surface area contributed by atoms with Gasteiger partial charge in [0.05, 0.1) is 18.2 Å². The van der Waals surface area contributed by atoms with Crippen LogP contribution in [0.15, 0.2) is 54.6 Å². The van der Waals surface area contributed by atoms with Gasteiger partial charge in [-0.3, -0.25) is 0 Å². The fourth-order valence-electron chi connectivity index (χ4n) is 3.24. The highest BCUT2D eigenvalue weighted by molar-refractivity contribution is 5.36. The summed E-state index contributed by atoms with van der Waals surface area (Å²) >= 11 is 0. The Hall–Kier alpha value is -1.72. The molecular weight excluding hydrogens is 288 g/mol. The standard InChI is InChI=1S/C19H24N2O2/c20-16(10-13-6-2-1-3-7-13)18(23)12-21-19-15-9-5-4-8-14(15)11-17(19)22/h1-9,16-19,21-23H,10-12,20H2/t16-,17+,18+,19-/m0/s1. The van der Waals surface area contributed by atoms with Crippen LogP contribution in [0.25, 0.3) is 0 Å². The fourth-order valence-corrected chi connectivity index (χ4v) is 3.24. The van der Waals surface area contributed by atoms with E-state index in [9.17, 15) is 10.2 Å². The second-order valence-electron chi connectivity index (χ2n) is 6.28. The summed E-state index contributed by atoms with van der Waals surface area (Å²) in [6, 6.07) is 17.5. The largest absolute Gasteiger partial charge is 0.391 e. The van der Waals surface area contributed by atoms with Crippen molar-refractivity contribution >= 4 is 0 Å². The number of hydrogen-bond acceptors (Lipinski definition) is 4. The van der Waals surface area contributed by atoms with E-state index >= 15 is 0 Å². The maximum atomic E-state index is 10.3. The lowest BCUT2D eigenvalue weighted by atomic mass is 10.0. The van der Waals surface area contributed by atoms with Crippen molar-refractivity contribution in [3.05, 3.63) is 71.3 Å². The molecule has 0 aromatic heterocycles. The molecule has 4 heteroatoms. The van der Waals surface area contributed by atoms with Gasteiger partial charge in [-0.05, 0) is 23.1 Å². The molecule has 0 heterocycles. The zero-order valence-electron chi connectivity index (χ0n) is 13.1. The van der Waals surface area contributed by atoms with Gasteiger partial charge in [0.1, 0.15) is 0 Å². The van der Waals surface area contributed by atoms with Crippen molar-refractivity contribution in [2.75, 3.05) is 6.54 Å². The Balaban J connectivity index is 1.55. The molecule has 2 aromatic rings. The predicted molar refractivity (Wildman–Crippen MR) is 91.0 cm³/mol. The monoisotopic (exact) mass is 312 g/mol. The minimum atomic E-state index is -0.657. The first-order chi connectivity index (χ1) is 11.1. The van der Waals surface area contributed by atoms with Crippen LogP contribution in [0.2, 0.25) is 0 Å². The van der Waals surface area contributed by atoms with Crippen LogP contribution in [0.1, 0.15) is 22.7 Å². The normalized spacial score (nSPS) is 22.6. The van der Waals surface area contributed by atoms with E-state index in [1.165, 1.54) is 5.56 Å². The molecular formula is C19H24N2O2. The maximum absolute atomic E-state index is 10.3. The fraction of sp³-hybridized carbons (Fsp3) is 0.368. The van der Waals surface area contributed by atoms with E-state index < -0.39 is 12.2 Å². The Morgan fingerprint density at radius 1 is 1.09 bits per heavy atom. The van der Waals surface area contributed by atoms with E-state index in [1.54, 1.807) is 0 Å². The van der Waals surface area contributed by atoms with Crippen molar-refractivity contribution in [2.45, 2.75) is 37.1 Å². The van der Waals surface area contributed by atoms with E-state index in [1.807, 2.05) is 54.6 Å². The van der Waals surface area contributed by atoms with Crippen molar-refractivity contribution in [1.82, 2.24) is 5.32 Å². The predicted octanol–water partition coefficient (Wildman–Crippen LogP) is 1.17. The first-order valence-electron chi connectivity index (χ1n) is 8.12. The molecule has 0 aliphatic heterocycles. The molecule has 1 aliphatic carbocycles. The van der Waals surface area contributed by atoms with Crippen molar-refractivity contribution < 1.29 is 10.2 Å². The van der Waals surface area contributed by atoms with Crippen LogP contribution in [0.3, 0.4) is 0 Å². The van der Waals surface area contributed by atoms with Crippen LogP contribution in [0.4, 0.5) is 0 Å². The quantitative estimate of drug-likeness (QED) is 0.645. The first kappa shape index (κ1) is 16.1. The molecule has 0 saturated heterocycles. The zero-order chi connectivity index (χ0) is 16.2. The van der Waals surface area contributed by atoms with Gasteiger partial charge in [0.15, 0.2) is 0 Å². The Morgan fingerprint density at radius 2 is 1.78 bits per heavy atom. The van der Waals surface area contributed by atoms with Gasteiger partial charge in [-0.15, -0.1) is 0 Å². The summed E-state index contributed by atoms with van der Waals surface area (Å²) in [5.74, 6) is 0. The number of aliphatic hydroxyl groups is 2. The van der Waals surface area contributed by atoms with E-state index in [0.717, 1.165) is 11.1 Å². The number of rotatable bonds is 6. The Labute approximate surface area is 137 Å². The number of fused-ring (bicyclic) bond motifs is 1. The van der Waals surface area contributed by atoms with Gasteiger partial charge in [-0.2, -0.15) is 0 Å². The molecule has 4 atom stereocenters.